The van der Waals surface area contributed by atoms with Crippen LogP contribution in [0.3, 0.4) is 0 Å². The number of ether oxygens (including phenoxy) is 1. The quantitative estimate of drug-likeness (QED) is 0.340. The van der Waals surface area contributed by atoms with Crippen molar-refractivity contribution in [2.24, 2.45) is 0 Å². The molecule has 0 bridgehead atoms. The Kier molecular flexibility index (Phi) is 6.96. The molecule has 0 aliphatic rings. The summed E-state index contributed by atoms with van der Waals surface area (Å²) in [5.41, 5.74) is 5.19. The van der Waals surface area contributed by atoms with E-state index in [2.05, 4.69) is 24.3 Å². The fraction of sp³-hybridized carbons (Fsp3) is 0.286. The minimum absolute atomic E-state index is 0.0601. The van der Waals surface area contributed by atoms with E-state index in [0.29, 0.717) is 22.3 Å². The van der Waals surface area contributed by atoms with Crippen molar-refractivity contribution in [1.82, 2.24) is 14.8 Å². The molecular weight excluding hydrogens is 440 g/mol. The van der Waals surface area contributed by atoms with Crippen molar-refractivity contribution in [3.8, 4) is 11.3 Å². The first-order valence-electron chi connectivity index (χ1n) is 11.8. The zero-order chi connectivity index (χ0) is 25.1. The standard InChI is InChI=1S/C28H30N4O3/c1-17(2)21-13-9-10-19(5)26(21)31-25(33)16-35-28(34)22-14-24(20-11-7-6-8-12-20)30-27-23(22)15-29-32(27)18(3)4/h6-15,17-18H,16H2,1-5H3,(H,31,33). The maximum Gasteiger partial charge on any atom is 0.339 e. The van der Waals surface area contributed by atoms with Gasteiger partial charge in [-0.25, -0.2) is 14.5 Å². The Hall–Kier alpha value is -4.00. The largest absolute Gasteiger partial charge is 0.452 e. The number of amides is 1. The third kappa shape index (κ3) is 5.09. The first-order valence-corrected chi connectivity index (χ1v) is 11.8. The number of hydrogen-bond donors (Lipinski definition) is 1. The number of carbonyl (C=O) groups is 2. The third-order valence-corrected chi connectivity index (χ3v) is 5.87. The number of benzene rings is 2. The molecule has 2 heterocycles. The molecule has 0 saturated heterocycles. The molecular formula is C28H30N4O3. The molecule has 7 heteroatoms. The number of pyridine rings is 1. The van der Waals surface area contributed by atoms with Crippen LogP contribution in [0.25, 0.3) is 22.3 Å². The van der Waals surface area contributed by atoms with Crippen LogP contribution in [0.1, 0.15) is 61.1 Å². The van der Waals surface area contributed by atoms with Gasteiger partial charge in [0.2, 0.25) is 0 Å². The van der Waals surface area contributed by atoms with Crippen molar-refractivity contribution in [3.05, 3.63) is 77.5 Å². The van der Waals surface area contributed by atoms with Crippen LogP contribution < -0.4 is 5.32 Å². The van der Waals surface area contributed by atoms with Crippen LogP contribution in [0.2, 0.25) is 0 Å². The second-order valence-corrected chi connectivity index (χ2v) is 9.16. The highest BCUT2D eigenvalue weighted by Gasteiger charge is 2.21. The number of hydrogen-bond acceptors (Lipinski definition) is 5. The zero-order valence-electron chi connectivity index (χ0n) is 20.7. The van der Waals surface area contributed by atoms with Crippen LogP contribution in [-0.4, -0.2) is 33.2 Å². The summed E-state index contributed by atoms with van der Waals surface area (Å²) < 4.78 is 7.23. The maximum atomic E-state index is 13.2. The van der Waals surface area contributed by atoms with E-state index in [1.165, 1.54) is 0 Å². The summed E-state index contributed by atoms with van der Waals surface area (Å²) in [7, 11) is 0. The van der Waals surface area contributed by atoms with E-state index in [-0.39, 0.29) is 17.9 Å². The van der Waals surface area contributed by atoms with Gasteiger partial charge in [0, 0.05) is 17.3 Å². The van der Waals surface area contributed by atoms with E-state index < -0.39 is 12.6 Å². The monoisotopic (exact) mass is 470 g/mol. The molecule has 4 aromatic rings. The molecule has 4 rings (SSSR count). The maximum absolute atomic E-state index is 13.2. The second-order valence-electron chi connectivity index (χ2n) is 9.16. The van der Waals surface area contributed by atoms with Crippen molar-refractivity contribution in [2.45, 2.75) is 46.6 Å². The highest BCUT2D eigenvalue weighted by atomic mass is 16.5. The summed E-state index contributed by atoms with van der Waals surface area (Å²) in [6.45, 7) is 9.69. The molecule has 35 heavy (non-hydrogen) atoms. The first-order chi connectivity index (χ1) is 16.8. The Morgan fingerprint density at radius 2 is 1.77 bits per heavy atom. The van der Waals surface area contributed by atoms with Crippen molar-refractivity contribution in [3.63, 3.8) is 0 Å². The molecule has 1 N–H and O–H groups in total. The molecule has 0 aliphatic heterocycles. The lowest BCUT2D eigenvalue weighted by atomic mass is 9.98. The summed E-state index contributed by atoms with van der Waals surface area (Å²) in [5.74, 6) is -0.741. The fourth-order valence-electron chi connectivity index (χ4n) is 4.05. The van der Waals surface area contributed by atoms with E-state index >= 15 is 0 Å². The Morgan fingerprint density at radius 1 is 1.03 bits per heavy atom. The van der Waals surface area contributed by atoms with Gasteiger partial charge in [0.1, 0.15) is 0 Å². The summed E-state index contributed by atoms with van der Waals surface area (Å²) in [5, 5.41) is 7.93. The van der Waals surface area contributed by atoms with Crippen molar-refractivity contribution < 1.29 is 14.3 Å². The van der Waals surface area contributed by atoms with Gasteiger partial charge in [0.25, 0.3) is 5.91 Å². The average Bonchev–Trinajstić information content (AvgIpc) is 3.28. The minimum atomic E-state index is -0.595. The van der Waals surface area contributed by atoms with Crippen LogP contribution in [0.15, 0.2) is 60.8 Å². The Morgan fingerprint density at radius 3 is 2.46 bits per heavy atom. The number of anilines is 1. The number of aryl methyl sites for hydroxylation is 1. The fourth-order valence-corrected chi connectivity index (χ4v) is 4.05. The SMILES string of the molecule is Cc1cccc(C(C)C)c1NC(=O)COC(=O)c1cc(-c2ccccc2)nc2c1cnn2C(C)C. The number of esters is 1. The predicted octanol–water partition coefficient (Wildman–Crippen LogP) is 5.91. The highest BCUT2D eigenvalue weighted by molar-refractivity contribution is 6.05. The molecule has 0 fully saturated rings. The van der Waals surface area contributed by atoms with Gasteiger partial charge >= 0.3 is 5.97 Å². The number of fused-ring (bicyclic) bond motifs is 1. The van der Waals surface area contributed by atoms with Crippen LogP contribution in [-0.2, 0) is 9.53 Å². The van der Waals surface area contributed by atoms with Crippen LogP contribution in [0, 0.1) is 6.92 Å². The lowest BCUT2D eigenvalue weighted by Crippen LogP contribution is -2.22. The lowest BCUT2D eigenvalue weighted by molar-refractivity contribution is -0.119. The molecule has 2 aromatic heterocycles. The number of aromatic nitrogens is 3. The molecule has 1 amide bonds. The van der Waals surface area contributed by atoms with Gasteiger partial charge in [-0.3, -0.25) is 4.79 Å². The van der Waals surface area contributed by atoms with Gasteiger partial charge in [0.05, 0.1) is 22.8 Å². The number of rotatable bonds is 7. The number of para-hydroxylation sites is 1. The molecule has 0 aliphatic carbocycles. The molecule has 0 atom stereocenters. The number of carbonyl (C=O) groups excluding carboxylic acids is 2. The van der Waals surface area contributed by atoms with Crippen molar-refractivity contribution >= 4 is 28.6 Å². The smallest absolute Gasteiger partial charge is 0.339 e. The second kappa shape index (κ2) is 10.1. The van der Waals surface area contributed by atoms with Crippen LogP contribution >= 0.6 is 0 Å². The lowest BCUT2D eigenvalue weighted by Gasteiger charge is -2.16. The minimum Gasteiger partial charge on any atom is -0.452 e. The predicted molar refractivity (Wildman–Crippen MR) is 138 cm³/mol. The number of nitrogens with one attached hydrogen (secondary N) is 1. The molecule has 0 saturated carbocycles. The van der Waals surface area contributed by atoms with Crippen LogP contribution in [0.5, 0.6) is 0 Å². The highest BCUT2D eigenvalue weighted by Crippen LogP contribution is 2.28. The molecule has 7 nitrogen and oxygen atoms in total. The van der Waals surface area contributed by atoms with E-state index in [9.17, 15) is 9.59 Å². The molecule has 180 valence electrons. The summed E-state index contributed by atoms with van der Waals surface area (Å²) in [6.07, 6.45) is 1.62. The molecule has 2 aromatic carbocycles. The van der Waals surface area contributed by atoms with E-state index in [4.69, 9.17) is 9.72 Å². The van der Waals surface area contributed by atoms with Gasteiger partial charge < -0.3 is 10.1 Å². The normalized spacial score (nSPS) is 11.3. The van der Waals surface area contributed by atoms with E-state index in [1.54, 1.807) is 16.9 Å². The Labute approximate surface area is 205 Å². The van der Waals surface area contributed by atoms with E-state index in [0.717, 1.165) is 22.4 Å². The topological polar surface area (TPSA) is 86.1 Å². The number of nitrogens with zero attached hydrogens (tertiary/aromatic N) is 3. The Bertz CT molecular complexity index is 1370. The average molecular weight is 471 g/mol. The summed E-state index contributed by atoms with van der Waals surface area (Å²) >= 11 is 0. The van der Waals surface area contributed by atoms with Gasteiger partial charge in [-0.15, -0.1) is 0 Å². The summed E-state index contributed by atoms with van der Waals surface area (Å²) in [6, 6.07) is 17.3. The molecule has 0 radical (unpaired) electrons. The van der Waals surface area contributed by atoms with Crippen molar-refractivity contribution in [2.75, 3.05) is 11.9 Å². The third-order valence-electron chi connectivity index (χ3n) is 5.87. The van der Waals surface area contributed by atoms with E-state index in [1.807, 2.05) is 69.3 Å². The first kappa shape index (κ1) is 24.1. The Balaban J connectivity index is 1.60. The molecule has 0 unspecified atom stereocenters. The van der Waals surface area contributed by atoms with Gasteiger partial charge in [0.15, 0.2) is 12.3 Å². The molecule has 0 spiro atoms. The van der Waals surface area contributed by atoms with Gasteiger partial charge in [-0.1, -0.05) is 62.4 Å². The summed E-state index contributed by atoms with van der Waals surface area (Å²) in [4.78, 5) is 30.6. The van der Waals surface area contributed by atoms with Crippen molar-refractivity contribution in [1.29, 1.82) is 0 Å². The zero-order valence-corrected chi connectivity index (χ0v) is 20.7. The van der Waals surface area contributed by atoms with Crippen LogP contribution in [0.4, 0.5) is 5.69 Å². The van der Waals surface area contributed by atoms with Gasteiger partial charge in [-0.2, -0.15) is 5.10 Å². The van der Waals surface area contributed by atoms with Gasteiger partial charge in [-0.05, 0) is 43.9 Å².